The van der Waals surface area contributed by atoms with Gasteiger partial charge in [0.05, 0.1) is 4.88 Å². The lowest BCUT2D eigenvalue weighted by Crippen LogP contribution is -1.92. The van der Waals surface area contributed by atoms with Gasteiger partial charge < -0.3 is 0 Å². The number of carbonyl (C=O) groups excluding carboxylic acids is 1. The van der Waals surface area contributed by atoms with Crippen LogP contribution in [0.15, 0.2) is 54.7 Å². The molecule has 4 aromatic rings. The molecule has 4 heteroatoms. The number of fused-ring (bicyclic) bond motifs is 1. The van der Waals surface area contributed by atoms with Crippen LogP contribution in [0.1, 0.15) is 21.6 Å². The third-order valence-corrected chi connectivity index (χ3v) is 5.20. The summed E-state index contributed by atoms with van der Waals surface area (Å²) in [5, 5.41) is 0. The Labute approximate surface area is 144 Å². The number of hydrogen-bond donors (Lipinski definition) is 0. The molecule has 0 atom stereocenters. The molecule has 2 aromatic carbocycles. The second kappa shape index (κ2) is 5.73. The van der Waals surface area contributed by atoms with Gasteiger partial charge in [-0.2, -0.15) is 0 Å². The average molecular weight is 332 g/mol. The van der Waals surface area contributed by atoms with Crippen LogP contribution in [0.25, 0.3) is 26.7 Å². The lowest BCUT2D eigenvalue weighted by Gasteiger charge is -2.05. The van der Waals surface area contributed by atoms with Gasteiger partial charge in [0.15, 0.2) is 11.2 Å². The van der Waals surface area contributed by atoms with Crippen molar-refractivity contribution in [1.82, 2.24) is 9.38 Å². The number of aldehydes is 1. The first-order valence-electron chi connectivity index (χ1n) is 7.77. The molecule has 0 fully saturated rings. The van der Waals surface area contributed by atoms with Crippen LogP contribution in [0.3, 0.4) is 0 Å². The predicted octanol–water partition coefficient (Wildman–Crippen LogP) is 5.16. The minimum Gasteiger partial charge on any atom is -0.296 e. The zero-order valence-corrected chi connectivity index (χ0v) is 14.3. The van der Waals surface area contributed by atoms with E-state index in [9.17, 15) is 4.79 Å². The van der Waals surface area contributed by atoms with Crippen LogP contribution in [0.2, 0.25) is 0 Å². The smallest absolute Gasteiger partial charge is 0.195 e. The summed E-state index contributed by atoms with van der Waals surface area (Å²) in [6.07, 6.45) is 2.90. The minimum absolute atomic E-state index is 0.607. The van der Waals surface area contributed by atoms with Gasteiger partial charge in [0.1, 0.15) is 11.4 Å². The van der Waals surface area contributed by atoms with E-state index in [2.05, 4.69) is 38.1 Å². The molecule has 0 bridgehead atoms. The molecule has 0 aliphatic carbocycles. The number of aromatic nitrogens is 2. The van der Waals surface area contributed by atoms with Crippen LogP contribution in [0, 0.1) is 13.8 Å². The molecule has 0 saturated heterocycles. The average Bonchev–Trinajstić information content (AvgIpc) is 3.13. The van der Waals surface area contributed by atoms with Gasteiger partial charge in [-0.1, -0.05) is 65.4 Å². The van der Waals surface area contributed by atoms with Crippen molar-refractivity contribution in [1.29, 1.82) is 0 Å². The van der Waals surface area contributed by atoms with Crippen LogP contribution < -0.4 is 0 Å². The van der Waals surface area contributed by atoms with E-state index in [-0.39, 0.29) is 0 Å². The highest BCUT2D eigenvalue weighted by molar-refractivity contribution is 7.20. The SMILES string of the molecule is Cc1ccc(-c2nc3sc(-c4ccccc4)cn3c2C=O)c(C)c1. The van der Waals surface area contributed by atoms with E-state index in [0.717, 1.165) is 38.5 Å². The van der Waals surface area contributed by atoms with Crippen molar-refractivity contribution >= 4 is 22.6 Å². The summed E-state index contributed by atoms with van der Waals surface area (Å²) < 4.78 is 1.90. The summed E-state index contributed by atoms with van der Waals surface area (Å²) in [4.78, 5) is 18.4. The number of thiazole rings is 1. The number of rotatable bonds is 3. The fourth-order valence-electron chi connectivity index (χ4n) is 2.99. The fraction of sp³-hybridized carbons (Fsp3) is 0.100. The highest BCUT2D eigenvalue weighted by atomic mass is 32.1. The second-order valence-corrected chi connectivity index (χ2v) is 6.90. The molecule has 0 aliphatic rings. The quantitative estimate of drug-likeness (QED) is 0.486. The Morgan fingerprint density at radius 1 is 1.08 bits per heavy atom. The number of benzene rings is 2. The molecule has 118 valence electrons. The summed E-state index contributed by atoms with van der Waals surface area (Å²) >= 11 is 1.60. The van der Waals surface area contributed by atoms with Crippen molar-refractivity contribution < 1.29 is 4.79 Å². The van der Waals surface area contributed by atoms with Crippen LogP contribution in [-0.2, 0) is 0 Å². The highest BCUT2D eigenvalue weighted by Crippen LogP contribution is 2.33. The van der Waals surface area contributed by atoms with Crippen molar-refractivity contribution in [3.8, 4) is 21.7 Å². The topological polar surface area (TPSA) is 34.4 Å². The molecule has 24 heavy (non-hydrogen) atoms. The van der Waals surface area contributed by atoms with Crippen LogP contribution in [0.5, 0.6) is 0 Å². The van der Waals surface area contributed by atoms with Gasteiger partial charge >= 0.3 is 0 Å². The van der Waals surface area contributed by atoms with E-state index in [1.807, 2.05) is 34.9 Å². The maximum absolute atomic E-state index is 11.7. The lowest BCUT2D eigenvalue weighted by atomic mass is 10.0. The predicted molar refractivity (Wildman–Crippen MR) is 98.8 cm³/mol. The number of nitrogens with zero attached hydrogens (tertiary/aromatic N) is 2. The first kappa shape index (κ1) is 14.8. The van der Waals surface area contributed by atoms with Crippen molar-refractivity contribution in [2.75, 3.05) is 0 Å². The Kier molecular flexibility index (Phi) is 3.54. The van der Waals surface area contributed by atoms with E-state index in [4.69, 9.17) is 4.98 Å². The van der Waals surface area contributed by atoms with Crippen molar-refractivity contribution in [2.24, 2.45) is 0 Å². The zero-order chi connectivity index (χ0) is 16.7. The Hall–Kier alpha value is -2.72. The molecule has 2 aromatic heterocycles. The van der Waals surface area contributed by atoms with Crippen molar-refractivity contribution in [3.05, 3.63) is 71.5 Å². The Morgan fingerprint density at radius 3 is 2.58 bits per heavy atom. The van der Waals surface area contributed by atoms with Gasteiger partial charge in [-0.25, -0.2) is 4.98 Å². The Balaban J connectivity index is 1.90. The van der Waals surface area contributed by atoms with Gasteiger partial charge in [-0.15, -0.1) is 0 Å². The van der Waals surface area contributed by atoms with E-state index < -0.39 is 0 Å². The Morgan fingerprint density at radius 2 is 1.88 bits per heavy atom. The molecular formula is C20H16N2OS. The summed E-state index contributed by atoms with van der Waals surface area (Å²) in [6.45, 7) is 4.12. The van der Waals surface area contributed by atoms with Gasteiger partial charge in [0.25, 0.3) is 0 Å². The maximum atomic E-state index is 11.7. The monoisotopic (exact) mass is 332 g/mol. The third kappa shape index (κ3) is 2.36. The molecule has 3 nitrogen and oxygen atoms in total. The number of imidazole rings is 1. The van der Waals surface area contributed by atoms with E-state index in [1.54, 1.807) is 11.3 Å². The van der Waals surface area contributed by atoms with Gasteiger partial charge in [-0.3, -0.25) is 9.20 Å². The molecule has 0 aliphatic heterocycles. The summed E-state index contributed by atoms with van der Waals surface area (Å²) in [6, 6.07) is 16.4. The van der Waals surface area contributed by atoms with Gasteiger partial charge in [0.2, 0.25) is 0 Å². The summed E-state index contributed by atoms with van der Waals surface area (Å²) in [5.41, 5.74) is 5.85. The highest BCUT2D eigenvalue weighted by Gasteiger charge is 2.17. The van der Waals surface area contributed by atoms with E-state index >= 15 is 0 Å². The third-order valence-electron chi connectivity index (χ3n) is 4.17. The number of hydrogen-bond acceptors (Lipinski definition) is 3. The molecular weight excluding hydrogens is 316 g/mol. The molecule has 0 radical (unpaired) electrons. The zero-order valence-electron chi connectivity index (χ0n) is 13.5. The lowest BCUT2D eigenvalue weighted by molar-refractivity contribution is 0.111. The number of carbonyl (C=O) groups is 1. The summed E-state index contributed by atoms with van der Waals surface area (Å²) in [5.74, 6) is 0. The molecule has 2 heterocycles. The molecule has 0 amide bonds. The van der Waals surface area contributed by atoms with E-state index in [1.165, 1.54) is 5.56 Å². The van der Waals surface area contributed by atoms with E-state index in [0.29, 0.717) is 5.69 Å². The van der Waals surface area contributed by atoms with Crippen molar-refractivity contribution in [2.45, 2.75) is 13.8 Å². The van der Waals surface area contributed by atoms with Crippen molar-refractivity contribution in [3.63, 3.8) is 0 Å². The van der Waals surface area contributed by atoms with Crippen LogP contribution in [-0.4, -0.2) is 15.7 Å². The molecule has 0 unspecified atom stereocenters. The van der Waals surface area contributed by atoms with Gasteiger partial charge in [-0.05, 0) is 25.0 Å². The molecule has 0 saturated carbocycles. The summed E-state index contributed by atoms with van der Waals surface area (Å²) in [7, 11) is 0. The fourth-order valence-corrected chi connectivity index (χ4v) is 3.98. The van der Waals surface area contributed by atoms with Crippen LogP contribution in [0.4, 0.5) is 0 Å². The maximum Gasteiger partial charge on any atom is 0.195 e. The standard InChI is InChI=1S/C20H16N2OS/c1-13-8-9-16(14(2)10-13)19-17(12-23)22-11-18(24-20(22)21-19)15-6-4-3-5-7-15/h3-12H,1-2H3. The first-order valence-corrected chi connectivity index (χ1v) is 8.59. The van der Waals surface area contributed by atoms with Gasteiger partial charge in [0, 0.05) is 11.8 Å². The van der Waals surface area contributed by atoms with Crippen LogP contribution >= 0.6 is 11.3 Å². The minimum atomic E-state index is 0.607. The number of aryl methyl sites for hydroxylation is 2. The first-order chi connectivity index (χ1) is 11.7. The largest absolute Gasteiger partial charge is 0.296 e. The second-order valence-electron chi connectivity index (χ2n) is 5.90. The molecule has 4 rings (SSSR count). The molecule has 0 spiro atoms. The molecule has 0 N–H and O–H groups in total. The Bertz CT molecular complexity index is 1040. The normalized spacial score (nSPS) is 11.1.